The highest BCUT2D eigenvalue weighted by atomic mass is 16.5. The van der Waals surface area contributed by atoms with E-state index in [-0.39, 0.29) is 0 Å². The summed E-state index contributed by atoms with van der Waals surface area (Å²) in [7, 11) is 0. The van der Waals surface area contributed by atoms with Crippen LogP contribution >= 0.6 is 0 Å². The zero-order valence-corrected chi connectivity index (χ0v) is 19.7. The molecule has 0 aliphatic rings. The van der Waals surface area contributed by atoms with Crippen LogP contribution in [0.2, 0.25) is 0 Å². The maximum Gasteiger partial charge on any atom is 0.339 e. The second-order valence-electron chi connectivity index (χ2n) is 8.35. The molecule has 0 aliphatic carbocycles. The quantitative estimate of drug-likeness (QED) is 0.286. The Labute approximate surface area is 183 Å². The average molecular weight is 419 g/mol. The molecule has 0 spiro atoms. The van der Waals surface area contributed by atoms with E-state index in [9.17, 15) is 9.59 Å². The molecule has 2 atom stereocenters. The van der Waals surface area contributed by atoms with E-state index in [2.05, 4.69) is 34.6 Å². The van der Waals surface area contributed by atoms with E-state index in [1.54, 1.807) is 24.3 Å². The fourth-order valence-electron chi connectivity index (χ4n) is 3.73. The van der Waals surface area contributed by atoms with Gasteiger partial charge in [0.05, 0.1) is 24.3 Å². The summed E-state index contributed by atoms with van der Waals surface area (Å²) < 4.78 is 11.2. The number of benzene rings is 1. The Kier molecular flexibility index (Phi) is 13.1. The maximum absolute atomic E-state index is 12.7. The number of hydrogen-bond acceptors (Lipinski definition) is 4. The lowest BCUT2D eigenvalue weighted by Crippen LogP contribution is -2.20. The lowest BCUT2D eigenvalue weighted by molar-refractivity contribution is 0.0375. The Bertz CT molecular complexity index is 621. The van der Waals surface area contributed by atoms with Crippen molar-refractivity contribution in [1.82, 2.24) is 0 Å². The van der Waals surface area contributed by atoms with E-state index >= 15 is 0 Å². The van der Waals surface area contributed by atoms with Crippen LogP contribution in [0.3, 0.4) is 0 Å². The Morgan fingerprint density at radius 1 is 0.733 bits per heavy atom. The lowest BCUT2D eigenvalue weighted by atomic mass is 9.89. The number of carbonyl (C=O) groups excluding carboxylic acids is 2. The van der Waals surface area contributed by atoms with Crippen molar-refractivity contribution in [3.05, 3.63) is 35.4 Å². The highest BCUT2D eigenvalue weighted by Crippen LogP contribution is 2.22. The second-order valence-corrected chi connectivity index (χ2v) is 8.35. The van der Waals surface area contributed by atoms with Gasteiger partial charge < -0.3 is 9.47 Å². The molecule has 0 radical (unpaired) electrons. The minimum atomic E-state index is -0.443. The Morgan fingerprint density at radius 2 is 1.20 bits per heavy atom. The van der Waals surface area contributed by atoms with Crippen LogP contribution < -0.4 is 0 Å². The van der Waals surface area contributed by atoms with Gasteiger partial charge in [-0.3, -0.25) is 0 Å². The molecular weight excluding hydrogens is 376 g/mol. The normalized spacial score (nSPS) is 13.1. The third kappa shape index (κ3) is 8.89. The van der Waals surface area contributed by atoms with Gasteiger partial charge in [-0.05, 0) is 42.7 Å². The molecule has 0 amide bonds. The topological polar surface area (TPSA) is 52.6 Å². The van der Waals surface area contributed by atoms with E-state index < -0.39 is 11.9 Å². The van der Waals surface area contributed by atoms with Crippen LogP contribution in [-0.2, 0) is 9.47 Å². The van der Waals surface area contributed by atoms with Crippen molar-refractivity contribution in [3.8, 4) is 0 Å². The van der Waals surface area contributed by atoms with Crippen LogP contribution in [0.25, 0.3) is 0 Å². The van der Waals surface area contributed by atoms with Crippen LogP contribution in [0.4, 0.5) is 0 Å². The molecule has 4 nitrogen and oxygen atoms in total. The molecule has 0 N–H and O–H groups in total. The van der Waals surface area contributed by atoms with Gasteiger partial charge in [-0.15, -0.1) is 0 Å². The standard InChI is InChI=1S/C26H42O4/c1-6-11-14-21(9-4)18-29-25(27)23-15-12-13-16-24(23)26(28)30-19-22(10-5)17-20(7-2)8-3/h12-13,15-16,20-22H,6-11,14,17-19H2,1-5H3. The van der Waals surface area contributed by atoms with Gasteiger partial charge in [0.15, 0.2) is 0 Å². The molecule has 30 heavy (non-hydrogen) atoms. The van der Waals surface area contributed by atoms with E-state index in [1.165, 1.54) is 0 Å². The van der Waals surface area contributed by atoms with Crippen LogP contribution in [0, 0.1) is 17.8 Å². The van der Waals surface area contributed by atoms with Gasteiger partial charge in [0, 0.05) is 0 Å². The van der Waals surface area contributed by atoms with Gasteiger partial charge in [0.25, 0.3) is 0 Å². The highest BCUT2D eigenvalue weighted by Gasteiger charge is 2.21. The summed E-state index contributed by atoms with van der Waals surface area (Å²) >= 11 is 0. The largest absolute Gasteiger partial charge is 0.462 e. The predicted molar refractivity (Wildman–Crippen MR) is 123 cm³/mol. The molecule has 0 bridgehead atoms. The summed E-state index contributed by atoms with van der Waals surface area (Å²) in [6.07, 6.45) is 8.63. The predicted octanol–water partition coefficient (Wildman–Crippen LogP) is 7.07. The number of ether oxygens (including phenoxy) is 2. The minimum Gasteiger partial charge on any atom is -0.462 e. The van der Waals surface area contributed by atoms with Crippen molar-refractivity contribution in [1.29, 1.82) is 0 Å². The fraction of sp³-hybridized carbons (Fsp3) is 0.692. The van der Waals surface area contributed by atoms with E-state index in [0.29, 0.717) is 42.1 Å². The van der Waals surface area contributed by atoms with E-state index in [4.69, 9.17) is 9.47 Å². The molecule has 1 aromatic rings. The van der Waals surface area contributed by atoms with Gasteiger partial charge in [0.2, 0.25) is 0 Å². The smallest absolute Gasteiger partial charge is 0.339 e. The summed E-state index contributed by atoms with van der Waals surface area (Å²) in [4.78, 5) is 25.4. The zero-order valence-electron chi connectivity index (χ0n) is 19.7. The number of hydrogen-bond donors (Lipinski definition) is 0. The number of esters is 2. The van der Waals surface area contributed by atoms with Crippen molar-refractivity contribution in [3.63, 3.8) is 0 Å². The molecular formula is C26H42O4. The van der Waals surface area contributed by atoms with Crippen molar-refractivity contribution in [2.24, 2.45) is 17.8 Å². The van der Waals surface area contributed by atoms with Crippen molar-refractivity contribution >= 4 is 11.9 Å². The Hall–Kier alpha value is -1.84. The van der Waals surface area contributed by atoms with Gasteiger partial charge in [-0.25, -0.2) is 9.59 Å². The van der Waals surface area contributed by atoms with Gasteiger partial charge in [-0.2, -0.15) is 0 Å². The number of unbranched alkanes of at least 4 members (excludes halogenated alkanes) is 1. The van der Waals surface area contributed by atoms with Crippen molar-refractivity contribution in [2.45, 2.75) is 86.0 Å². The van der Waals surface area contributed by atoms with Gasteiger partial charge in [-0.1, -0.05) is 85.3 Å². The van der Waals surface area contributed by atoms with Crippen molar-refractivity contribution in [2.75, 3.05) is 13.2 Å². The molecule has 0 aromatic heterocycles. The van der Waals surface area contributed by atoms with Gasteiger partial charge in [0.1, 0.15) is 0 Å². The summed E-state index contributed by atoms with van der Waals surface area (Å²) in [5, 5.41) is 0. The van der Waals surface area contributed by atoms with Crippen LogP contribution in [0.15, 0.2) is 24.3 Å². The fourth-order valence-corrected chi connectivity index (χ4v) is 3.73. The molecule has 1 aromatic carbocycles. The summed E-state index contributed by atoms with van der Waals surface area (Å²) in [5.74, 6) is 0.491. The molecule has 0 saturated heterocycles. The van der Waals surface area contributed by atoms with E-state index in [1.807, 2.05) is 0 Å². The molecule has 0 fully saturated rings. The van der Waals surface area contributed by atoms with Crippen LogP contribution in [0.1, 0.15) is 107 Å². The maximum atomic E-state index is 12.7. The lowest BCUT2D eigenvalue weighted by Gasteiger charge is -2.21. The monoisotopic (exact) mass is 418 g/mol. The zero-order chi connectivity index (χ0) is 22.4. The first kappa shape index (κ1) is 26.2. The summed E-state index contributed by atoms with van der Waals surface area (Å²) in [5.41, 5.74) is 0.586. The Balaban J connectivity index is 2.72. The first-order chi connectivity index (χ1) is 14.5. The molecule has 0 saturated carbocycles. The molecule has 0 heterocycles. The Morgan fingerprint density at radius 3 is 1.63 bits per heavy atom. The van der Waals surface area contributed by atoms with Crippen molar-refractivity contribution < 1.29 is 19.1 Å². The molecule has 2 unspecified atom stereocenters. The van der Waals surface area contributed by atoms with Gasteiger partial charge >= 0.3 is 11.9 Å². The first-order valence-corrected chi connectivity index (χ1v) is 11.9. The highest BCUT2D eigenvalue weighted by molar-refractivity contribution is 6.03. The first-order valence-electron chi connectivity index (χ1n) is 11.9. The minimum absolute atomic E-state index is 0.292. The number of rotatable bonds is 15. The molecule has 0 aliphatic heterocycles. The third-order valence-electron chi connectivity index (χ3n) is 6.21. The summed E-state index contributed by atoms with van der Waals surface area (Å²) in [6, 6.07) is 6.80. The van der Waals surface area contributed by atoms with Crippen LogP contribution in [0.5, 0.6) is 0 Å². The molecule has 4 heteroatoms. The van der Waals surface area contributed by atoms with Crippen LogP contribution in [-0.4, -0.2) is 25.2 Å². The second kappa shape index (κ2) is 15.0. The third-order valence-corrected chi connectivity index (χ3v) is 6.21. The summed E-state index contributed by atoms with van der Waals surface area (Å²) in [6.45, 7) is 11.6. The molecule has 170 valence electrons. The SMILES string of the molecule is CCCCC(CC)COC(=O)c1ccccc1C(=O)OCC(CC)CC(CC)CC. The average Bonchev–Trinajstić information content (AvgIpc) is 2.79. The number of carbonyl (C=O) groups is 2. The molecule has 1 rings (SSSR count). The van der Waals surface area contributed by atoms with E-state index in [0.717, 1.165) is 51.4 Å².